The van der Waals surface area contributed by atoms with Crippen LogP contribution in [0.4, 0.5) is 0 Å². The van der Waals surface area contributed by atoms with Crippen LogP contribution in [0.1, 0.15) is 37.2 Å². The SMILES string of the molecule is CC.O=C(c1csc(-c2cnn(-c3ccccc3)c2)n1)N1CCCC1. The maximum absolute atomic E-state index is 12.4. The van der Waals surface area contributed by atoms with E-state index in [2.05, 4.69) is 10.1 Å². The molecular weight excluding hydrogens is 332 g/mol. The van der Waals surface area contributed by atoms with Crippen LogP contribution in [0.2, 0.25) is 0 Å². The summed E-state index contributed by atoms with van der Waals surface area (Å²) in [5.41, 5.74) is 2.47. The molecule has 0 atom stereocenters. The molecule has 0 aliphatic carbocycles. The van der Waals surface area contributed by atoms with E-state index in [1.807, 2.05) is 65.3 Å². The quantitative estimate of drug-likeness (QED) is 0.706. The molecule has 1 amide bonds. The zero-order valence-corrected chi connectivity index (χ0v) is 15.4. The van der Waals surface area contributed by atoms with Crippen molar-refractivity contribution in [2.75, 3.05) is 13.1 Å². The Labute approximate surface area is 151 Å². The second kappa shape index (κ2) is 8.07. The number of hydrogen-bond donors (Lipinski definition) is 0. The van der Waals surface area contributed by atoms with Crippen LogP contribution in [-0.4, -0.2) is 38.7 Å². The summed E-state index contributed by atoms with van der Waals surface area (Å²) in [6, 6.07) is 9.94. The van der Waals surface area contributed by atoms with Gasteiger partial charge in [-0.1, -0.05) is 32.0 Å². The largest absolute Gasteiger partial charge is 0.337 e. The van der Waals surface area contributed by atoms with Crippen molar-refractivity contribution < 1.29 is 4.79 Å². The second-order valence-electron chi connectivity index (χ2n) is 5.55. The smallest absolute Gasteiger partial charge is 0.273 e. The number of thiazole rings is 1. The van der Waals surface area contributed by atoms with Gasteiger partial charge in [-0.3, -0.25) is 4.79 Å². The van der Waals surface area contributed by atoms with E-state index >= 15 is 0 Å². The molecule has 25 heavy (non-hydrogen) atoms. The Morgan fingerprint density at radius 2 is 1.84 bits per heavy atom. The van der Waals surface area contributed by atoms with E-state index in [1.54, 1.807) is 6.20 Å². The molecule has 5 nitrogen and oxygen atoms in total. The molecule has 3 aromatic rings. The molecule has 6 heteroatoms. The third-order valence-corrected chi connectivity index (χ3v) is 4.86. The van der Waals surface area contributed by atoms with Gasteiger partial charge in [-0.25, -0.2) is 9.67 Å². The average molecular weight is 354 g/mol. The van der Waals surface area contributed by atoms with Gasteiger partial charge >= 0.3 is 0 Å². The lowest BCUT2D eigenvalue weighted by Crippen LogP contribution is -2.27. The fourth-order valence-corrected chi connectivity index (χ4v) is 3.51. The van der Waals surface area contributed by atoms with Gasteiger partial charge in [0.1, 0.15) is 10.7 Å². The molecule has 0 radical (unpaired) electrons. The van der Waals surface area contributed by atoms with Crippen molar-refractivity contribution in [2.45, 2.75) is 26.7 Å². The number of amides is 1. The minimum atomic E-state index is 0.0421. The van der Waals surface area contributed by atoms with Gasteiger partial charge in [0.25, 0.3) is 5.91 Å². The molecule has 1 aliphatic rings. The molecule has 0 bridgehead atoms. The molecule has 0 saturated carbocycles. The Morgan fingerprint density at radius 1 is 1.12 bits per heavy atom. The Bertz CT molecular complexity index is 819. The molecule has 0 N–H and O–H groups in total. The van der Waals surface area contributed by atoms with E-state index in [9.17, 15) is 4.79 Å². The third-order valence-electron chi connectivity index (χ3n) is 3.97. The molecule has 1 aliphatic heterocycles. The Hall–Kier alpha value is -2.47. The predicted molar refractivity (Wildman–Crippen MR) is 101 cm³/mol. The summed E-state index contributed by atoms with van der Waals surface area (Å²) in [6.45, 7) is 5.69. The van der Waals surface area contributed by atoms with Gasteiger partial charge < -0.3 is 4.90 Å². The monoisotopic (exact) mass is 354 g/mol. The molecular formula is C19H22N4OS. The number of aromatic nitrogens is 3. The van der Waals surface area contributed by atoms with Crippen molar-refractivity contribution in [2.24, 2.45) is 0 Å². The minimum Gasteiger partial charge on any atom is -0.337 e. The van der Waals surface area contributed by atoms with Gasteiger partial charge in [0.15, 0.2) is 0 Å². The number of carbonyl (C=O) groups is 1. The van der Waals surface area contributed by atoms with Crippen molar-refractivity contribution in [1.29, 1.82) is 0 Å². The van der Waals surface area contributed by atoms with E-state index in [-0.39, 0.29) is 5.91 Å². The van der Waals surface area contributed by atoms with Crippen LogP contribution in [0.15, 0.2) is 48.1 Å². The summed E-state index contributed by atoms with van der Waals surface area (Å²) < 4.78 is 1.82. The third kappa shape index (κ3) is 3.79. The Balaban J connectivity index is 0.000000880. The van der Waals surface area contributed by atoms with Gasteiger partial charge in [0.2, 0.25) is 0 Å². The fourth-order valence-electron chi connectivity index (χ4n) is 2.74. The lowest BCUT2D eigenvalue weighted by molar-refractivity contribution is 0.0788. The van der Waals surface area contributed by atoms with E-state index in [0.29, 0.717) is 5.69 Å². The summed E-state index contributed by atoms with van der Waals surface area (Å²) in [5, 5.41) is 7.05. The number of likely N-dealkylation sites (tertiary alicyclic amines) is 1. The number of benzene rings is 1. The molecule has 1 fully saturated rings. The van der Waals surface area contributed by atoms with Crippen LogP contribution in [0, 0.1) is 0 Å². The summed E-state index contributed by atoms with van der Waals surface area (Å²) in [4.78, 5) is 18.8. The van der Waals surface area contributed by atoms with Crippen molar-refractivity contribution in [3.8, 4) is 16.3 Å². The number of para-hydroxylation sites is 1. The van der Waals surface area contributed by atoms with Crippen molar-refractivity contribution in [3.05, 3.63) is 53.8 Å². The number of nitrogens with zero attached hydrogens (tertiary/aromatic N) is 4. The predicted octanol–water partition coefficient (Wildman–Crippen LogP) is 4.26. The van der Waals surface area contributed by atoms with Gasteiger partial charge in [0.05, 0.1) is 11.9 Å². The number of carbonyl (C=O) groups excluding carboxylic acids is 1. The van der Waals surface area contributed by atoms with Crippen LogP contribution in [0.25, 0.3) is 16.3 Å². The van der Waals surface area contributed by atoms with Gasteiger partial charge in [-0.05, 0) is 25.0 Å². The van der Waals surface area contributed by atoms with Crippen molar-refractivity contribution in [3.63, 3.8) is 0 Å². The van der Waals surface area contributed by atoms with E-state index in [1.165, 1.54) is 11.3 Å². The van der Waals surface area contributed by atoms with Crippen molar-refractivity contribution in [1.82, 2.24) is 19.7 Å². The topological polar surface area (TPSA) is 51.0 Å². The average Bonchev–Trinajstić information content (AvgIpc) is 3.44. The Morgan fingerprint density at radius 3 is 2.56 bits per heavy atom. The lowest BCUT2D eigenvalue weighted by atomic mass is 10.3. The summed E-state index contributed by atoms with van der Waals surface area (Å²) in [6.07, 6.45) is 5.91. The Kier molecular flexibility index (Phi) is 5.60. The summed E-state index contributed by atoms with van der Waals surface area (Å²) in [5.74, 6) is 0.0421. The lowest BCUT2D eigenvalue weighted by Gasteiger charge is -2.12. The number of hydrogen-bond acceptors (Lipinski definition) is 4. The maximum atomic E-state index is 12.4. The van der Waals surface area contributed by atoms with Crippen molar-refractivity contribution >= 4 is 17.2 Å². The van der Waals surface area contributed by atoms with Crippen LogP contribution in [0.3, 0.4) is 0 Å². The number of rotatable bonds is 3. The van der Waals surface area contributed by atoms with Gasteiger partial charge in [0, 0.05) is 30.2 Å². The normalized spacial score (nSPS) is 13.4. The highest BCUT2D eigenvalue weighted by molar-refractivity contribution is 7.13. The first-order valence-corrected chi connectivity index (χ1v) is 9.54. The first-order chi connectivity index (χ1) is 12.3. The first kappa shape index (κ1) is 17.4. The van der Waals surface area contributed by atoms with E-state index in [0.717, 1.165) is 42.2 Å². The van der Waals surface area contributed by atoms with E-state index in [4.69, 9.17) is 0 Å². The zero-order chi connectivity index (χ0) is 17.6. The molecule has 0 unspecified atom stereocenters. The summed E-state index contributed by atoms with van der Waals surface area (Å²) in [7, 11) is 0. The highest BCUT2D eigenvalue weighted by Crippen LogP contribution is 2.25. The van der Waals surface area contributed by atoms with E-state index < -0.39 is 0 Å². The molecule has 3 heterocycles. The highest BCUT2D eigenvalue weighted by Gasteiger charge is 2.22. The van der Waals surface area contributed by atoms with Gasteiger partial charge in [-0.2, -0.15) is 5.10 Å². The van der Waals surface area contributed by atoms with Crippen LogP contribution < -0.4 is 0 Å². The zero-order valence-electron chi connectivity index (χ0n) is 14.6. The highest BCUT2D eigenvalue weighted by atomic mass is 32.1. The fraction of sp³-hybridized carbons (Fsp3) is 0.316. The summed E-state index contributed by atoms with van der Waals surface area (Å²) >= 11 is 1.49. The van der Waals surface area contributed by atoms with Gasteiger partial charge in [-0.15, -0.1) is 11.3 Å². The maximum Gasteiger partial charge on any atom is 0.273 e. The molecule has 2 aromatic heterocycles. The first-order valence-electron chi connectivity index (χ1n) is 8.66. The van der Waals surface area contributed by atoms with Crippen LogP contribution >= 0.6 is 11.3 Å². The molecule has 130 valence electrons. The standard InChI is InChI=1S/C17H16N4OS.C2H6/c22-17(20-8-4-5-9-20)15-12-23-16(19-15)13-10-18-21(11-13)14-6-2-1-3-7-14;1-2/h1-3,6-7,10-12H,4-5,8-9H2;1-2H3. The molecule has 4 rings (SSSR count). The minimum absolute atomic E-state index is 0.0421. The molecule has 0 spiro atoms. The second-order valence-corrected chi connectivity index (χ2v) is 6.40. The molecule has 1 saturated heterocycles. The van der Waals surface area contributed by atoms with Crippen LogP contribution in [0.5, 0.6) is 0 Å². The molecule has 1 aromatic carbocycles. The van der Waals surface area contributed by atoms with Crippen LogP contribution in [-0.2, 0) is 0 Å².